The highest BCUT2D eigenvalue weighted by molar-refractivity contribution is 5.78. The van der Waals surface area contributed by atoms with Crippen LogP contribution in [0.5, 0.6) is 0 Å². The molecule has 3 rings (SSSR count). The number of pyridine rings is 1. The number of β-amino-alcohol motifs (C(OH)–C–C–N with tert-alkyl or cyclic N) is 1. The highest BCUT2D eigenvalue weighted by Crippen LogP contribution is 2.31. The number of benzene rings is 1. The van der Waals surface area contributed by atoms with Gasteiger partial charge in [-0.15, -0.1) is 0 Å². The van der Waals surface area contributed by atoms with Gasteiger partial charge in [-0.25, -0.2) is 4.39 Å². The van der Waals surface area contributed by atoms with E-state index in [-0.39, 0.29) is 24.3 Å². The summed E-state index contributed by atoms with van der Waals surface area (Å²) in [4.78, 5) is 18.1. The molecule has 0 spiro atoms. The normalized spacial score (nSPS) is 20.9. The summed E-state index contributed by atoms with van der Waals surface area (Å²) in [5, 5.41) is 12.8. The van der Waals surface area contributed by atoms with Crippen molar-refractivity contribution in [2.75, 3.05) is 13.1 Å². The summed E-state index contributed by atoms with van der Waals surface area (Å²) >= 11 is 0. The van der Waals surface area contributed by atoms with Gasteiger partial charge in [-0.05, 0) is 35.7 Å². The lowest BCUT2D eigenvalue weighted by Crippen LogP contribution is -2.37. The van der Waals surface area contributed by atoms with Crippen molar-refractivity contribution in [3.63, 3.8) is 0 Å². The molecule has 0 bridgehead atoms. The first-order valence-corrected chi connectivity index (χ1v) is 7.95. The second-order valence-corrected chi connectivity index (χ2v) is 6.02. The van der Waals surface area contributed by atoms with Crippen LogP contribution < -0.4 is 5.32 Å². The van der Waals surface area contributed by atoms with Crippen LogP contribution in [0.15, 0.2) is 48.8 Å². The Balaban J connectivity index is 1.59. The van der Waals surface area contributed by atoms with Crippen LogP contribution in [0.4, 0.5) is 4.39 Å². The Morgan fingerprint density at radius 1 is 1.33 bits per heavy atom. The van der Waals surface area contributed by atoms with Crippen molar-refractivity contribution in [1.29, 1.82) is 0 Å². The molecule has 1 aromatic heterocycles. The van der Waals surface area contributed by atoms with Crippen molar-refractivity contribution in [2.24, 2.45) is 0 Å². The van der Waals surface area contributed by atoms with E-state index >= 15 is 0 Å². The van der Waals surface area contributed by atoms with E-state index in [0.717, 1.165) is 11.1 Å². The second kappa shape index (κ2) is 7.51. The summed E-state index contributed by atoms with van der Waals surface area (Å²) in [6.45, 7) is 1.05. The largest absolute Gasteiger partial charge is 0.392 e. The standard InChI is InChI=1S/C18H20FN3O2/c19-15-5-3-14(4-6-15)17-8-16(23)11-22(17)12-18(24)21-10-13-2-1-7-20-9-13/h1-7,9,16-17,23H,8,10-12H2,(H,21,24)/t16-,17+/m0/s1. The monoisotopic (exact) mass is 329 g/mol. The smallest absolute Gasteiger partial charge is 0.234 e. The fraction of sp³-hybridized carbons (Fsp3) is 0.333. The van der Waals surface area contributed by atoms with Gasteiger partial charge in [-0.1, -0.05) is 18.2 Å². The summed E-state index contributed by atoms with van der Waals surface area (Å²) < 4.78 is 13.1. The zero-order valence-electron chi connectivity index (χ0n) is 13.2. The predicted octanol–water partition coefficient (Wildman–Crippen LogP) is 1.64. The van der Waals surface area contributed by atoms with Gasteiger partial charge in [0.1, 0.15) is 5.82 Å². The minimum atomic E-state index is -0.480. The number of amides is 1. The Bertz CT molecular complexity index is 678. The molecule has 1 fully saturated rings. The average molecular weight is 329 g/mol. The molecule has 2 atom stereocenters. The van der Waals surface area contributed by atoms with Crippen molar-refractivity contribution >= 4 is 5.91 Å². The Kier molecular flexibility index (Phi) is 5.17. The molecule has 0 saturated carbocycles. The summed E-state index contributed by atoms with van der Waals surface area (Å²) in [5.74, 6) is -0.405. The number of nitrogens with zero attached hydrogens (tertiary/aromatic N) is 2. The molecule has 1 amide bonds. The summed E-state index contributed by atoms with van der Waals surface area (Å²) in [6.07, 6.45) is 3.46. The number of aromatic nitrogens is 1. The lowest BCUT2D eigenvalue weighted by atomic mass is 10.0. The van der Waals surface area contributed by atoms with E-state index < -0.39 is 6.10 Å². The number of hydrogen-bond donors (Lipinski definition) is 2. The fourth-order valence-electron chi connectivity index (χ4n) is 3.03. The van der Waals surface area contributed by atoms with Crippen LogP contribution in [0.25, 0.3) is 0 Å². The van der Waals surface area contributed by atoms with Crippen molar-refractivity contribution in [1.82, 2.24) is 15.2 Å². The molecule has 1 aliphatic heterocycles. The minimum absolute atomic E-state index is 0.0789. The molecular weight excluding hydrogens is 309 g/mol. The maximum absolute atomic E-state index is 13.1. The van der Waals surface area contributed by atoms with Gasteiger partial charge in [0.25, 0.3) is 0 Å². The van der Waals surface area contributed by atoms with Gasteiger partial charge < -0.3 is 10.4 Å². The maximum atomic E-state index is 13.1. The molecule has 1 saturated heterocycles. The first kappa shape index (κ1) is 16.5. The van der Waals surface area contributed by atoms with Gasteiger partial charge in [-0.3, -0.25) is 14.7 Å². The zero-order chi connectivity index (χ0) is 16.9. The average Bonchev–Trinajstić information content (AvgIpc) is 2.95. The number of carbonyl (C=O) groups is 1. The summed E-state index contributed by atoms with van der Waals surface area (Å²) in [5.41, 5.74) is 1.84. The quantitative estimate of drug-likeness (QED) is 0.875. The number of likely N-dealkylation sites (tertiary alicyclic amines) is 1. The summed E-state index contributed by atoms with van der Waals surface area (Å²) in [6, 6.07) is 9.86. The van der Waals surface area contributed by atoms with Gasteiger partial charge in [0, 0.05) is 31.5 Å². The lowest BCUT2D eigenvalue weighted by molar-refractivity contribution is -0.122. The van der Waals surface area contributed by atoms with E-state index in [1.54, 1.807) is 24.5 Å². The van der Waals surface area contributed by atoms with Crippen molar-refractivity contribution in [3.8, 4) is 0 Å². The zero-order valence-corrected chi connectivity index (χ0v) is 13.2. The van der Waals surface area contributed by atoms with E-state index in [1.807, 2.05) is 17.0 Å². The number of nitrogens with one attached hydrogen (secondary N) is 1. The Morgan fingerprint density at radius 2 is 2.12 bits per heavy atom. The molecule has 24 heavy (non-hydrogen) atoms. The van der Waals surface area contributed by atoms with Crippen molar-refractivity contribution in [3.05, 3.63) is 65.7 Å². The molecule has 2 heterocycles. The molecule has 1 aromatic carbocycles. The SMILES string of the molecule is O=C(CN1C[C@@H](O)C[C@@H]1c1ccc(F)cc1)NCc1cccnc1. The molecule has 0 radical (unpaired) electrons. The van der Waals surface area contributed by atoms with Crippen molar-refractivity contribution < 1.29 is 14.3 Å². The van der Waals surface area contributed by atoms with Crippen LogP contribution in [-0.2, 0) is 11.3 Å². The maximum Gasteiger partial charge on any atom is 0.234 e. The number of hydrogen-bond acceptors (Lipinski definition) is 4. The molecular formula is C18H20FN3O2. The number of aliphatic hydroxyl groups is 1. The number of aliphatic hydroxyl groups excluding tert-OH is 1. The molecule has 0 unspecified atom stereocenters. The molecule has 0 aliphatic carbocycles. The molecule has 126 valence electrons. The van der Waals surface area contributed by atoms with E-state index in [4.69, 9.17) is 0 Å². The first-order chi connectivity index (χ1) is 11.6. The van der Waals surface area contributed by atoms with Crippen LogP contribution >= 0.6 is 0 Å². The first-order valence-electron chi connectivity index (χ1n) is 7.95. The van der Waals surface area contributed by atoms with Crippen molar-refractivity contribution in [2.45, 2.75) is 25.1 Å². The predicted molar refractivity (Wildman–Crippen MR) is 87.4 cm³/mol. The van der Waals surface area contributed by atoms with Crippen LogP contribution in [0.1, 0.15) is 23.6 Å². The molecule has 1 aliphatic rings. The third-order valence-corrected chi connectivity index (χ3v) is 4.20. The molecule has 6 heteroatoms. The Labute approximate surface area is 140 Å². The van der Waals surface area contributed by atoms with Crippen LogP contribution in [0.2, 0.25) is 0 Å². The highest BCUT2D eigenvalue weighted by Gasteiger charge is 2.33. The van der Waals surface area contributed by atoms with Crippen LogP contribution in [-0.4, -0.2) is 40.1 Å². The molecule has 2 N–H and O–H groups in total. The number of rotatable bonds is 5. The molecule has 5 nitrogen and oxygen atoms in total. The number of halogens is 1. The van der Waals surface area contributed by atoms with Gasteiger partial charge in [0.2, 0.25) is 5.91 Å². The second-order valence-electron chi connectivity index (χ2n) is 6.02. The van der Waals surface area contributed by atoms with Gasteiger partial charge >= 0.3 is 0 Å². The lowest BCUT2D eigenvalue weighted by Gasteiger charge is -2.23. The Hall–Kier alpha value is -2.31. The minimum Gasteiger partial charge on any atom is -0.392 e. The highest BCUT2D eigenvalue weighted by atomic mass is 19.1. The van der Waals surface area contributed by atoms with Gasteiger partial charge in [-0.2, -0.15) is 0 Å². The van der Waals surface area contributed by atoms with E-state index in [0.29, 0.717) is 19.5 Å². The van der Waals surface area contributed by atoms with Gasteiger partial charge in [0.15, 0.2) is 0 Å². The third kappa shape index (κ3) is 4.15. The number of carbonyl (C=O) groups excluding carboxylic acids is 1. The van der Waals surface area contributed by atoms with E-state index in [2.05, 4.69) is 10.3 Å². The van der Waals surface area contributed by atoms with E-state index in [9.17, 15) is 14.3 Å². The third-order valence-electron chi connectivity index (χ3n) is 4.20. The van der Waals surface area contributed by atoms with E-state index in [1.165, 1.54) is 12.1 Å². The van der Waals surface area contributed by atoms with Crippen LogP contribution in [0.3, 0.4) is 0 Å². The Morgan fingerprint density at radius 3 is 2.83 bits per heavy atom. The topological polar surface area (TPSA) is 65.5 Å². The van der Waals surface area contributed by atoms with Gasteiger partial charge in [0.05, 0.1) is 12.6 Å². The fourth-order valence-corrected chi connectivity index (χ4v) is 3.03. The van der Waals surface area contributed by atoms with Crippen LogP contribution in [0, 0.1) is 5.82 Å². The molecule has 2 aromatic rings. The summed E-state index contributed by atoms with van der Waals surface area (Å²) in [7, 11) is 0.